The molecule has 2 nitrogen and oxygen atoms in total. The summed E-state index contributed by atoms with van der Waals surface area (Å²) in [5.74, 6) is 0. The fourth-order valence-corrected chi connectivity index (χ4v) is 4.61. The summed E-state index contributed by atoms with van der Waals surface area (Å²) in [5, 5.41) is 4.73. The Bertz CT molecular complexity index is 472. The van der Waals surface area contributed by atoms with Gasteiger partial charge < -0.3 is 10.2 Å². The van der Waals surface area contributed by atoms with Crippen LogP contribution in [-0.2, 0) is 0 Å². The molecule has 20 heavy (non-hydrogen) atoms. The van der Waals surface area contributed by atoms with Gasteiger partial charge in [-0.25, -0.2) is 0 Å². The molecule has 1 N–H and O–H groups in total. The van der Waals surface area contributed by atoms with E-state index in [1.54, 1.807) is 0 Å². The molecule has 1 aliphatic carbocycles. The van der Waals surface area contributed by atoms with Gasteiger partial charge in [0, 0.05) is 22.2 Å². The number of nitrogens with one attached hydrogen (secondary N) is 1. The van der Waals surface area contributed by atoms with Gasteiger partial charge in [-0.2, -0.15) is 0 Å². The Morgan fingerprint density at radius 3 is 2.70 bits per heavy atom. The molecule has 110 valence electrons. The molecule has 4 heteroatoms. The topological polar surface area (TPSA) is 15.3 Å². The van der Waals surface area contributed by atoms with Crippen molar-refractivity contribution < 1.29 is 0 Å². The van der Waals surface area contributed by atoms with Gasteiger partial charge in [0.15, 0.2) is 0 Å². The van der Waals surface area contributed by atoms with E-state index >= 15 is 0 Å². The summed E-state index contributed by atoms with van der Waals surface area (Å²) in [4.78, 5) is 2.50. The first kappa shape index (κ1) is 14.9. The van der Waals surface area contributed by atoms with Crippen molar-refractivity contribution >= 4 is 39.9 Å². The van der Waals surface area contributed by atoms with E-state index in [0.29, 0.717) is 5.54 Å². The standard InChI is InChI=1S/C16H22ClIN2/c17-14-11-13(18)5-6-15(14)20-10-4-9-19-16(12-20)7-2-1-3-8-16/h5-6,11,19H,1-4,7-10,12H2. The second-order valence-electron chi connectivity index (χ2n) is 6.14. The number of hydrogen-bond donors (Lipinski definition) is 1. The van der Waals surface area contributed by atoms with E-state index in [1.807, 2.05) is 0 Å². The first-order valence-corrected chi connectivity index (χ1v) is 9.09. The van der Waals surface area contributed by atoms with E-state index < -0.39 is 0 Å². The first-order valence-electron chi connectivity index (χ1n) is 7.64. The van der Waals surface area contributed by atoms with Crippen molar-refractivity contribution in [3.63, 3.8) is 0 Å². The van der Waals surface area contributed by atoms with Crippen LogP contribution in [0.15, 0.2) is 18.2 Å². The third kappa shape index (κ3) is 3.25. The van der Waals surface area contributed by atoms with Crippen LogP contribution >= 0.6 is 34.2 Å². The van der Waals surface area contributed by atoms with Crippen LogP contribution in [0.1, 0.15) is 38.5 Å². The van der Waals surface area contributed by atoms with Gasteiger partial charge in [0.2, 0.25) is 0 Å². The molecule has 1 aliphatic heterocycles. The lowest BCUT2D eigenvalue weighted by Crippen LogP contribution is -2.52. The number of benzene rings is 1. The highest BCUT2D eigenvalue weighted by atomic mass is 127. The van der Waals surface area contributed by atoms with Gasteiger partial charge in [-0.05, 0) is 66.6 Å². The van der Waals surface area contributed by atoms with Crippen molar-refractivity contribution in [2.75, 3.05) is 24.5 Å². The maximum Gasteiger partial charge on any atom is 0.0650 e. The number of halogens is 2. The molecule has 1 aromatic rings. The summed E-state index contributed by atoms with van der Waals surface area (Å²) in [6.45, 7) is 3.35. The molecule has 0 unspecified atom stereocenters. The van der Waals surface area contributed by atoms with Gasteiger partial charge in [-0.1, -0.05) is 30.9 Å². The molecule has 2 aliphatic rings. The van der Waals surface area contributed by atoms with Gasteiger partial charge in [0.05, 0.1) is 10.7 Å². The Hall–Kier alpha value is -0.000000000000000132. The highest BCUT2D eigenvalue weighted by Gasteiger charge is 2.35. The minimum absolute atomic E-state index is 0.321. The zero-order chi connectivity index (χ0) is 14.0. The van der Waals surface area contributed by atoms with Gasteiger partial charge in [0.25, 0.3) is 0 Å². The Morgan fingerprint density at radius 2 is 1.95 bits per heavy atom. The molecular weight excluding hydrogens is 383 g/mol. The third-order valence-corrected chi connectivity index (χ3v) is 5.63. The summed E-state index contributed by atoms with van der Waals surface area (Å²) >= 11 is 8.80. The molecular formula is C16H22ClIN2. The van der Waals surface area contributed by atoms with Crippen LogP contribution in [0.25, 0.3) is 0 Å². The lowest BCUT2D eigenvalue weighted by molar-refractivity contribution is 0.246. The summed E-state index contributed by atoms with van der Waals surface area (Å²) in [6.07, 6.45) is 7.94. The van der Waals surface area contributed by atoms with Crippen molar-refractivity contribution in [2.24, 2.45) is 0 Å². The lowest BCUT2D eigenvalue weighted by Gasteiger charge is -2.40. The molecule has 0 amide bonds. The molecule has 0 radical (unpaired) electrons. The van der Waals surface area contributed by atoms with Crippen LogP contribution in [0.5, 0.6) is 0 Å². The fourth-order valence-electron chi connectivity index (χ4n) is 3.63. The quantitative estimate of drug-likeness (QED) is 0.696. The minimum atomic E-state index is 0.321. The number of nitrogens with zero attached hydrogens (tertiary/aromatic N) is 1. The summed E-state index contributed by atoms with van der Waals surface area (Å²) in [6, 6.07) is 6.42. The van der Waals surface area contributed by atoms with Crippen molar-refractivity contribution in [2.45, 2.75) is 44.1 Å². The summed E-state index contributed by atoms with van der Waals surface area (Å²) in [5.41, 5.74) is 1.53. The van der Waals surface area contributed by atoms with Gasteiger partial charge in [-0.15, -0.1) is 0 Å². The number of anilines is 1. The summed E-state index contributed by atoms with van der Waals surface area (Å²) in [7, 11) is 0. The van der Waals surface area contributed by atoms with Gasteiger partial charge >= 0.3 is 0 Å². The highest BCUT2D eigenvalue weighted by Crippen LogP contribution is 2.34. The summed E-state index contributed by atoms with van der Waals surface area (Å²) < 4.78 is 1.21. The molecule has 1 heterocycles. The smallest absolute Gasteiger partial charge is 0.0650 e. The minimum Gasteiger partial charge on any atom is -0.368 e. The number of rotatable bonds is 1. The van der Waals surface area contributed by atoms with Crippen LogP contribution in [0.3, 0.4) is 0 Å². The van der Waals surface area contributed by atoms with Crippen molar-refractivity contribution in [3.05, 3.63) is 26.8 Å². The molecule has 3 rings (SSSR count). The molecule has 1 saturated carbocycles. The third-order valence-electron chi connectivity index (χ3n) is 4.66. The predicted octanol–water partition coefficient (Wildman–Crippen LogP) is 4.45. The first-order chi connectivity index (χ1) is 9.69. The van der Waals surface area contributed by atoms with Crippen LogP contribution in [0.2, 0.25) is 5.02 Å². The molecule has 1 spiro atoms. The molecule has 0 atom stereocenters. The Labute approximate surface area is 140 Å². The Kier molecular flexibility index (Phi) is 4.78. The highest BCUT2D eigenvalue weighted by molar-refractivity contribution is 14.1. The van der Waals surface area contributed by atoms with Crippen molar-refractivity contribution in [1.29, 1.82) is 0 Å². The van der Waals surface area contributed by atoms with E-state index in [9.17, 15) is 0 Å². The molecule has 1 aromatic carbocycles. The molecule has 0 aromatic heterocycles. The zero-order valence-electron chi connectivity index (χ0n) is 11.8. The zero-order valence-corrected chi connectivity index (χ0v) is 14.7. The SMILES string of the molecule is Clc1cc(I)ccc1N1CCCNC2(CCCCC2)C1. The average molecular weight is 405 g/mol. The van der Waals surface area contributed by atoms with Crippen LogP contribution < -0.4 is 10.2 Å². The second kappa shape index (κ2) is 6.41. The van der Waals surface area contributed by atoms with Crippen LogP contribution in [0.4, 0.5) is 5.69 Å². The van der Waals surface area contributed by atoms with E-state index in [4.69, 9.17) is 11.6 Å². The Morgan fingerprint density at radius 1 is 1.15 bits per heavy atom. The van der Waals surface area contributed by atoms with Crippen molar-refractivity contribution in [1.82, 2.24) is 5.32 Å². The van der Waals surface area contributed by atoms with E-state index in [-0.39, 0.29) is 0 Å². The number of hydrogen-bond acceptors (Lipinski definition) is 2. The molecule has 2 fully saturated rings. The Balaban J connectivity index is 1.84. The van der Waals surface area contributed by atoms with E-state index in [1.165, 1.54) is 47.8 Å². The molecule has 0 bridgehead atoms. The van der Waals surface area contributed by atoms with Crippen LogP contribution in [-0.4, -0.2) is 25.2 Å². The fraction of sp³-hybridized carbons (Fsp3) is 0.625. The normalized spacial score (nSPS) is 22.8. The predicted molar refractivity (Wildman–Crippen MR) is 94.8 cm³/mol. The van der Waals surface area contributed by atoms with Gasteiger partial charge in [-0.3, -0.25) is 0 Å². The van der Waals surface area contributed by atoms with E-state index in [2.05, 4.69) is 51.0 Å². The van der Waals surface area contributed by atoms with Gasteiger partial charge in [0.1, 0.15) is 0 Å². The maximum atomic E-state index is 6.48. The second-order valence-corrected chi connectivity index (χ2v) is 7.79. The monoisotopic (exact) mass is 404 g/mol. The molecule has 1 saturated heterocycles. The van der Waals surface area contributed by atoms with Crippen LogP contribution in [0, 0.1) is 3.57 Å². The lowest BCUT2D eigenvalue weighted by atomic mass is 9.81. The van der Waals surface area contributed by atoms with E-state index in [0.717, 1.165) is 24.7 Å². The largest absolute Gasteiger partial charge is 0.368 e. The van der Waals surface area contributed by atoms with Crippen molar-refractivity contribution in [3.8, 4) is 0 Å². The maximum absolute atomic E-state index is 6.48. The average Bonchev–Trinajstić information content (AvgIpc) is 2.63.